The number of aromatic nitrogens is 2. The van der Waals surface area contributed by atoms with E-state index >= 15 is 0 Å². The molecule has 0 bridgehead atoms. The number of nitrogens with zero attached hydrogens (tertiary/aromatic N) is 2. The average Bonchev–Trinajstić information content (AvgIpc) is 2.61. The summed E-state index contributed by atoms with van der Waals surface area (Å²) in [5.74, 6) is 7.67. The molecule has 23 heavy (non-hydrogen) atoms. The van der Waals surface area contributed by atoms with Crippen molar-refractivity contribution in [1.29, 1.82) is 0 Å². The van der Waals surface area contributed by atoms with Gasteiger partial charge in [0.1, 0.15) is 5.69 Å². The van der Waals surface area contributed by atoms with Crippen molar-refractivity contribution < 1.29 is 0 Å². The molecule has 1 aromatic heterocycles. The summed E-state index contributed by atoms with van der Waals surface area (Å²) in [4.78, 5) is 0. The van der Waals surface area contributed by atoms with Gasteiger partial charge in [0.2, 0.25) is 0 Å². The van der Waals surface area contributed by atoms with Crippen LogP contribution in [-0.2, 0) is 0 Å². The first-order valence-electron chi connectivity index (χ1n) is 9.66. The third-order valence-electron chi connectivity index (χ3n) is 5.06. The Hall–Kier alpha value is -1.36. The predicted molar refractivity (Wildman–Crippen MR) is 97.3 cm³/mol. The molecule has 1 aromatic rings. The van der Waals surface area contributed by atoms with Crippen molar-refractivity contribution in [1.82, 2.24) is 10.2 Å². The van der Waals surface area contributed by atoms with Gasteiger partial charge in [0.15, 0.2) is 0 Å². The van der Waals surface area contributed by atoms with Gasteiger partial charge in [-0.1, -0.05) is 58.3 Å². The Labute approximate surface area is 142 Å². The maximum Gasteiger partial charge on any atom is 0.135 e. The van der Waals surface area contributed by atoms with Crippen molar-refractivity contribution in [3.8, 4) is 11.8 Å². The molecule has 1 saturated carbocycles. The first-order chi connectivity index (χ1) is 11.3. The van der Waals surface area contributed by atoms with Gasteiger partial charge in [0, 0.05) is 12.3 Å². The van der Waals surface area contributed by atoms with Crippen molar-refractivity contribution in [2.75, 3.05) is 0 Å². The molecule has 0 aromatic carbocycles. The van der Waals surface area contributed by atoms with Gasteiger partial charge in [-0.2, -0.15) is 5.10 Å². The Balaban J connectivity index is 1.71. The van der Waals surface area contributed by atoms with E-state index in [9.17, 15) is 0 Å². The lowest BCUT2D eigenvalue weighted by atomic mass is 9.78. The summed E-state index contributed by atoms with van der Waals surface area (Å²) >= 11 is 0. The topological polar surface area (TPSA) is 25.8 Å². The Morgan fingerprint density at radius 3 is 2.39 bits per heavy atom. The van der Waals surface area contributed by atoms with E-state index in [1.54, 1.807) is 0 Å². The fourth-order valence-electron chi connectivity index (χ4n) is 3.59. The van der Waals surface area contributed by atoms with Crippen LogP contribution in [0.5, 0.6) is 0 Å². The number of unbranched alkanes of at least 4 members (excludes halogenated alkanes) is 4. The van der Waals surface area contributed by atoms with E-state index in [4.69, 9.17) is 0 Å². The van der Waals surface area contributed by atoms with Crippen LogP contribution in [0.15, 0.2) is 12.1 Å². The molecule has 0 aliphatic heterocycles. The summed E-state index contributed by atoms with van der Waals surface area (Å²) in [6, 6.07) is 4.17. The van der Waals surface area contributed by atoms with Crippen LogP contribution in [0, 0.1) is 17.8 Å². The van der Waals surface area contributed by atoms with E-state index in [0.29, 0.717) is 5.92 Å². The molecule has 0 spiro atoms. The Morgan fingerprint density at radius 1 is 0.957 bits per heavy atom. The van der Waals surface area contributed by atoms with E-state index in [1.165, 1.54) is 69.9 Å². The number of hydrogen-bond acceptors (Lipinski definition) is 2. The second-order valence-electron chi connectivity index (χ2n) is 6.92. The summed E-state index contributed by atoms with van der Waals surface area (Å²) < 4.78 is 0. The van der Waals surface area contributed by atoms with Gasteiger partial charge in [-0.3, -0.25) is 0 Å². The molecule has 0 atom stereocenters. The third kappa shape index (κ3) is 6.34. The van der Waals surface area contributed by atoms with Crippen molar-refractivity contribution in [3.63, 3.8) is 0 Å². The fraction of sp³-hybridized carbons (Fsp3) is 0.714. The molecule has 0 N–H and O–H groups in total. The quantitative estimate of drug-likeness (QED) is 0.464. The molecule has 0 unspecified atom stereocenters. The molecule has 0 saturated heterocycles. The van der Waals surface area contributed by atoms with Gasteiger partial charge >= 0.3 is 0 Å². The van der Waals surface area contributed by atoms with Crippen LogP contribution in [0.1, 0.15) is 102 Å². The second kappa shape index (κ2) is 10.4. The fourth-order valence-corrected chi connectivity index (χ4v) is 3.59. The van der Waals surface area contributed by atoms with E-state index in [-0.39, 0.29) is 0 Å². The lowest BCUT2D eigenvalue weighted by molar-refractivity contribution is 0.298. The van der Waals surface area contributed by atoms with E-state index in [1.807, 2.05) is 6.07 Å². The molecule has 1 heterocycles. The molecule has 1 aliphatic rings. The van der Waals surface area contributed by atoms with Gasteiger partial charge in [-0.15, -0.1) is 5.10 Å². The molecule has 2 heteroatoms. The predicted octanol–water partition coefficient (Wildman–Crippen LogP) is 5.87. The summed E-state index contributed by atoms with van der Waals surface area (Å²) in [6.45, 7) is 4.34. The van der Waals surface area contributed by atoms with Gasteiger partial charge in [-0.05, 0) is 49.7 Å². The number of hydrogen-bond donors (Lipinski definition) is 0. The molecule has 1 aliphatic carbocycles. The summed E-state index contributed by atoms with van der Waals surface area (Å²) in [7, 11) is 0. The second-order valence-corrected chi connectivity index (χ2v) is 6.92. The molecule has 2 nitrogen and oxygen atoms in total. The first kappa shape index (κ1) is 18.0. The Bertz CT molecular complexity index is 487. The zero-order chi connectivity index (χ0) is 16.3. The zero-order valence-corrected chi connectivity index (χ0v) is 15.0. The lowest BCUT2D eigenvalue weighted by Gasteiger charge is -2.28. The van der Waals surface area contributed by atoms with Gasteiger partial charge in [0.05, 0.1) is 5.69 Å². The SMILES string of the molecule is CCC#Cc1ccc(C2CCC(CCCCCCC)CC2)nn1. The lowest BCUT2D eigenvalue weighted by Crippen LogP contribution is -2.14. The van der Waals surface area contributed by atoms with Crippen LogP contribution in [0.4, 0.5) is 0 Å². The zero-order valence-electron chi connectivity index (χ0n) is 15.0. The molecule has 0 amide bonds. The monoisotopic (exact) mass is 312 g/mol. The first-order valence-corrected chi connectivity index (χ1v) is 9.66. The Morgan fingerprint density at radius 2 is 1.74 bits per heavy atom. The number of rotatable bonds is 7. The molecule has 126 valence electrons. The van der Waals surface area contributed by atoms with Crippen LogP contribution in [0.3, 0.4) is 0 Å². The van der Waals surface area contributed by atoms with E-state index in [2.05, 4.69) is 42.0 Å². The maximum atomic E-state index is 4.42. The van der Waals surface area contributed by atoms with Crippen LogP contribution in [0.25, 0.3) is 0 Å². The van der Waals surface area contributed by atoms with Crippen molar-refractivity contribution in [2.24, 2.45) is 5.92 Å². The summed E-state index contributed by atoms with van der Waals surface area (Å²) in [5.41, 5.74) is 1.98. The van der Waals surface area contributed by atoms with Crippen LogP contribution in [-0.4, -0.2) is 10.2 Å². The van der Waals surface area contributed by atoms with Crippen LogP contribution in [0.2, 0.25) is 0 Å². The standard InChI is InChI=1S/C21H32N2/c1-3-5-7-8-9-10-18-12-14-19(15-13-18)21-17-16-20(22-23-21)11-6-4-2/h16-19H,3-5,7-10,12-15H2,1-2H3. The maximum absolute atomic E-state index is 4.42. The van der Waals surface area contributed by atoms with E-state index < -0.39 is 0 Å². The Kier molecular flexibility index (Phi) is 8.15. The third-order valence-corrected chi connectivity index (χ3v) is 5.06. The van der Waals surface area contributed by atoms with Crippen molar-refractivity contribution >= 4 is 0 Å². The van der Waals surface area contributed by atoms with Gasteiger partial charge < -0.3 is 0 Å². The normalized spacial score (nSPS) is 20.8. The minimum atomic E-state index is 0.618. The summed E-state index contributed by atoms with van der Waals surface area (Å²) in [5, 5.41) is 8.69. The molecular formula is C21H32N2. The molecule has 0 radical (unpaired) electrons. The van der Waals surface area contributed by atoms with E-state index in [0.717, 1.165) is 18.0 Å². The molecule has 1 fully saturated rings. The highest BCUT2D eigenvalue weighted by molar-refractivity contribution is 5.27. The smallest absolute Gasteiger partial charge is 0.135 e. The average molecular weight is 313 g/mol. The van der Waals surface area contributed by atoms with Gasteiger partial charge in [-0.25, -0.2) is 0 Å². The molecule has 2 rings (SSSR count). The van der Waals surface area contributed by atoms with Crippen molar-refractivity contribution in [3.05, 3.63) is 23.5 Å². The highest BCUT2D eigenvalue weighted by Crippen LogP contribution is 2.36. The van der Waals surface area contributed by atoms with Gasteiger partial charge in [0.25, 0.3) is 0 Å². The van der Waals surface area contributed by atoms with Crippen molar-refractivity contribution in [2.45, 2.75) is 90.4 Å². The van der Waals surface area contributed by atoms with Crippen LogP contribution >= 0.6 is 0 Å². The minimum absolute atomic E-state index is 0.618. The summed E-state index contributed by atoms with van der Waals surface area (Å²) in [6.07, 6.45) is 14.7. The molecular weight excluding hydrogens is 280 g/mol. The highest BCUT2D eigenvalue weighted by Gasteiger charge is 2.23. The van der Waals surface area contributed by atoms with Crippen LogP contribution < -0.4 is 0 Å². The highest BCUT2D eigenvalue weighted by atomic mass is 15.1. The largest absolute Gasteiger partial charge is 0.154 e. The minimum Gasteiger partial charge on any atom is -0.154 e.